The molecule has 0 aromatic heterocycles. The first-order valence-corrected chi connectivity index (χ1v) is 6.20. The van der Waals surface area contributed by atoms with Crippen molar-refractivity contribution in [3.05, 3.63) is 29.8 Å². The summed E-state index contributed by atoms with van der Waals surface area (Å²) >= 11 is 0. The third-order valence-corrected chi connectivity index (χ3v) is 2.78. The zero-order valence-electron chi connectivity index (χ0n) is 10.9. The van der Waals surface area contributed by atoms with Gasteiger partial charge in [0.25, 0.3) is 0 Å². The van der Waals surface area contributed by atoms with Crippen LogP contribution in [0.5, 0.6) is 0 Å². The van der Waals surface area contributed by atoms with Gasteiger partial charge < -0.3 is 11.1 Å². The number of aryl methyl sites for hydroxylation is 1. The number of hydrogen-bond donors (Lipinski definition) is 2. The van der Waals surface area contributed by atoms with E-state index >= 15 is 0 Å². The number of nitrogens with two attached hydrogens (primary N) is 1. The van der Waals surface area contributed by atoms with Crippen LogP contribution in [-0.2, 0) is 11.2 Å². The van der Waals surface area contributed by atoms with Gasteiger partial charge in [-0.1, -0.05) is 39.3 Å². The Morgan fingerprint density at radius 2 is 1.88 bits per heavy atom. The number of rotatable bonds is 5. The average Bonchev–Trinajstić information content (AvgIpc) is 2.30. The Balaban J connectivity index is 2.60. The molecule has 1 amide bonds. The van der Waals surface area contributed by atoms with E-state index in [1.54, 1.807) is 0 Å². The Bertz CT molecular complexity index is 357. The van der Waals surface area contributed by atoms with Gasteiger partial charge in [-0.15, -0.1) is 0 Å². The summed E-state index contributed by atoms with van der Waals surface area (Å²) in [6, 6.07) is 7.48. The first kappa shape index (κ1) is 13.7. The van der Waals surface area contributed by atoms with Gasteiger partial charge in [-0.25, -0.2) is 0 Å². The van der Waals surface area contributed by atoms with Crippen LogP contribution in [0, 0.1) is 5.92 Å². The minimum absolute atomic E-state index is 0.122. The van der Waals surface area contributed by atoms with Crippen molar-refractivity contribution < 1.29 is 4.79 Å². The van der Waals surface area contributed by atoms with Crippen molar-refractivity contribution in [1.29, 1.82) is 0 Å². The van der Waals surface area contributed by atoms with Gasteiger partial charge in [0.05, 0.1) is 6.04 Å². The highest BCUT2D eigenvalue weighted by molar-refractivity contribution is 5.94. The van der Waals surface area contributed by atoms with E-state index in [4.69, 9.17) is 5.73 Å². The Hall–Kier alpha value is -1.35. The van der Waals surface area contributed by atoms with Crippen molar-refractivity contribution in [3.8, 4) is 0 Å². The van der Waals surface area contributed by atoms with Crippen LogP contribution >= 0.6 is 0 Å². The quantitative estimate of drug-likeness (QED) is 0.822. The summed E-state index contributed by atoms with van der Waals surface area (Å²) in [5.74, 6) is 0.0256. The van der Waals surface area contributed by atoms with Crippen molar-refractivity contribution in [2.45, 2.75) is 39.7 Å². The van der Waals surface area contributed by atoms with E-state index in [1.165, 1.54) is 5.56 Å². The maximum Gasteiger partial charge on any atom is 0.241 e. The molecule has 0 bridgehead atoms. The number of amides is 1. The summed E-state index contributed by atoms with van der Waals surface area (Å²) in [5, 5.41) is 2.83. The number of anilines is 1. The molecule has 1 rings (SSSR count). The fourth-order valence-electron chi connectivity index (χ4n) is 1.57. The van der Waals surface area contributed by atoms with Crippen LogP contribution in [0.4, 0.5) is 5.69 Å². The van der Waals surface area contributed by atoms with Gasteiger partial charge in [-0.05, 0) is 30.0 Å². The minimum atomic E-state index is -0.453. The van der Waals surface area contributed by atoms with E-state index in [0.717, 1.165) is 18.5 Å². The molecule has 0 heterocycles. The third kappa shape index (κ3) is 4.19. The van der Waals surface area contributed by atoms with Crippen molar-refractivity contribution in [2.24, 2.45) is 11.7 Å². The summed E-state index contributed by atoms with van der Waals surface area (Å²) in [7, 11) is 0. The second-order valence-electron chi connectivity index (χ2n) is 4.71. The van der Waals surface area contributed by atoms with Crippen LogP contribution in [0.1, 0.15) is 32.8 Å². The molecule has 3 N–H and O–H groups in total. The van der Waals surface area contributed by atoms with Crippen LogP contribution in [0.15, 0.2) is 24.3 Å². The Labute approximate surface area is 103 Å². The van der Waals surface area contributed by atoms with Gasteiger partial charge in [-0.2, -0.15) is 0 Å². The van der Waals surface area contributed by atoms with E-state index < -0.39 is 6.04 Å². The second kappa shape index (κ2) is 6.40. The number of hydrogen-bond acceptors (Lipinski definition) is 2. The van der Waals surface area contributed by atoms with Crippen molar-refractivity contribution in [1.82, 2.24) is 0 Å². The molecule has 0 saturated carbocycles. The monoisotopic (exact) mass is 234 g/mol. The molecule has 0 spiro atoms. The second-order valence-corrected chi connectivity index (χ2v) is 4.71. The highest BCUT2D eigenvalue weighted by Gasteiger charge is 2.16. The van der Waals surface area contributed by atoms with Crippen molar-refractivity contribution in [3.63, 3.8) is 0 Å². The Morgan fingerprint density at radius 1 is 1.29 bits per heavy atom. The largest absolute Gasteiger partial charge is 0.325 e. The SMILES string of the molecule is CCCc1ccc(NC(=O)[C@H](N)C(C)C)cc1. The summed E-state index contributed by atoms with van der Waals surface area (Å²) in [4.78, 5) is 11.7. The summed E-state index contributed by atoms with van der Waals surface area (Å²) in [5.41, 5.74) is 7.87. The summed E-state index contributed by atoms with van der Waals surface area (Å²) in [6.45, 7) is 6.03. The molecule has 0 radical (unpaired) electrons. The molecule has 3 heteroatoms. The number of carbonyl (C=O) groups excluding carboxylic acids is 1. The molecule has 0 aliphatic carbocycles. The lowest BCUT2D eigenvalue weighted by Gasteiger charge is -2.15. The molecule has 0 aliphatic heterocycles. The Kier molecular flexibility index (Phi) is 5.16. The standard InChI is InChI=1S/C14H22N2O/c1-4-5-11-6-8-12(9-7-11)16-14(17)13(15)10(2)3/h6-10,13H,4-5,15H2,1-3H3,(H,16,17)/t13-/m1/s1. The van der Waals surface area contributed by atoms with Crippen molar-refractivity contribution >= 4 is 11.6 Å². The van der Waals surface area contributed by atoms with Crippen LogP contribution < -0.4 is 11.1 Å². The molecule has 94 valence electrons. The fourth-order valence-corrected chi connectivity index (χ4v) is 1.57. The zero-order valence-corrected chi connectivity index (χ0v) is 10.9. The van der Waals surface area contributed by atoms with Gasteiger partial charge in [0.15, 0.2) is 0 Å². The van der Waals surface area contributed by atoms with Gasteiger partial charge >= 0.3 is 0 Å². The number of benzene rings is 1. The normalized spacial score (nSPS) is 12.5. The van der Waals surface area contributed by atoms with Gasteiger partial charge in [0.2, 0.25) is 5.91 Å². The molecule has 0 saturated heterocycles. The van der Waals surface area contributed by atoms with Crippen molar-refractivity contribution in [2.75, 3.05) is 5.32 Å². The smallest absolute Gasteiger partial charge is 0.241 e. The van der Waals surface area contributed by atoms with Crippen LogP contribution in [0.25, 0.3) is 0 Å². The first-order valence-electron chi connectivity index (χ1n) is 6.20. The van der Waals surface area contributed by atoms with E-state index in [-0.39, 0.29) is 11.8 Å². The molecule has 0 aliphatic rings. The molecule has 3 nitrogen and oxygen atoms in total. The zero-order chi connectivity index (χ0) is 12.8. The topological polar surface area (TPSA) is 55.1 Å². The highest BCUT2D eigenvalue weighted by atomic mass is 16.2. The van der Waals surface area contributed by atoms with E-state index in [0.29, 0.717) is 0 Å². The average molecular weight is 234 g/mol. The maximum atomic E-state index is 11.7. The molecule has 0 unspecified atom stereocenters. The Morgan fingerprint density at radius 3 is 2.35 bits per heavy atom. The predicted octanol–water partition coefficient (Wildman–Crippen LogP) is 2.56. The van der Waals surface area contributed by atoms with E-state index in [1.807, 2.05) is 38.1 Å². The molecule has 1 aromatic rings. The summed E-state index contributed by atoms with van der Waals surface area (Å²) < 4.78 is 0. The molecular weight excluding hydrogens is 212 g/mol. The van der Waals surface area contributed by atoms with E-state index in [9.17, 15) is 4.79 Å². The minimum Gasteiger partial charge on any atom is -0.325 e. The highest BCUT2D eigenvalue weighted by Crippen LogP contribution is 2.12. The number of carbonyl (C=O) groups is 1. The number of nitrogens with one attached hydrogen (secondary N) is 1. The molecule has 0 fully saturated rings. The maximum absolute atomic E-state index is 11.7. The lowest BCUT2D eigenvalue weighted by Crippen LogP contribution is -2.39. The fraction of sp³-hybridized carbons (Fsp3) is 0.500. The van der Waals surface area contributed by atoms with Gasteiger partial charge in [0.1, 0.15) is 0 Å². The predicted molar refractivity (Wildman–Crippen MR) is 71.9 cm³/mol. The molecule has 17 heavy (non-hydrogen) atoms. The lowest BCUT2D eigenvalue weighted by molar-refractivity contribution is -0.118. The summed E-state index contributed by atoms with van der Waals surface area (Å²) in [6.07, 6.45) is 2.20. The van der Waals surface area contributed by atoms with Crippen LogP contribution in [0.3, 0.4) is 0 Å². The van der Waals surface area contributed by atoms with Crippen LogP contribution in [-0.4, -0.2) is 11.9 Å². The first-order chi connectivity index (χ1) is 8.04. The molecule has 1 aromatic carbocycles. The molecular formula is C14H22N2O. The lowest BCUT2D eigenvalue weighted by atomic mass is 10.0. The van der Waals surface area contributed by atoms with Gasteiger partial charge in [0, 0.05) is 5.69 Å². The van der Waals surface area contributed by atoms with Crippen LogP contribution in [0.2, 0.25) is 0 Å². The third-order valence-electron chi connectivity index (χ3n) is 2.78. The van der Waals surface area contributed by atoms with Gasteiger partial charge in [-0.3, -0.25) is 4.79 Å². The molecule has 1 atom stereocenters. The van der Waals surface area contributed by atoms with E-state index in [2.05, 4.69) is 12.2 Å².